The number of hydrogen-bond acceptors (Lipinski definition) is 5. The van der Waals surface area contributed by atoms with Gasteiger partial charge in [0.25, 0.3) is 0 Å². The van der Waals surface area contributed by atoms with E-state index in [1.165, 1.54) is 25.2 Å². The van der Waals surface area contributed by atoms with Crippen LogP contribution >= 0.6 is 0 Å². The minimum Gasteiger partial charge on any atom is -0.497 e. The van der Waals surface area contributed by atoms with Crippen LogP contribution in [0.3, 0.4) is 0 Å². The molecule has 8 nitrogen and oxygen atoms in total. The third-order valence-corrected chi connectivity index (χ3v) is 4.94. The maximum atomic E-state index is 14.2. The number of rotatable bonds is 5. The van der Waals surface area contributed by atoms with E-state index in [-0.39, 0.29) is 36.0 Å². The van der Waals surface area contributed by atoms with E-state index < -0.39 is 11.7 Å². The van der Waals surface area contributed by atoms with Crippen LogP contribution in [0, 0.1) is 11.7 Å². The lowest BCUT2D eigenvalue weighted by molar-refractivity contribution is -0.122. The zero-order valence-electron chi connectivity index (χ0n) is 15.9. The van der Waals surface area contributed by atoms with Crippen molar-refractivity contribution >= 4 is 34.2 Å². The van der Waals surface area contributed by atoms with Gasteiger partial charge >= 0.3 is 0 Å². The number of nitrogens with zero attached hydrogens (tertiary/aromatic N) is 2. The van der Waals surface area contributed by atoms with Gasteiger partial charge in [0, 0.05) is 19.0 Å². The first-order valence-electron chi connectivity index (χ1n) is 8.97. The molecule has 9 heteroatoms. The molecule has 4 rings (SSSR count). The van der Waals surface area contributed by atoms with Gasteiger partial charge in [-0.25, -0.2) is 4.39 Å². The van der Waals surface area contributed by atoms with Gasteiger partial charge < -0.3 is 14.8 Å². The molecular weight excluding hydrogens is 379 g/mol. The monoisotopic (exact) mass is 398 g/mol. The van der Waals surface area contributed by atoms with Crippen molar-refractivity contribution in [2.24, 2.45) is 5.92 Å². The molecule has 3 aromatic rings. The van der Waals surface area contributed by atoms with E-state index in [0.717, 1.165) is 0 Å². The summed E-state index contributed by atoms with van der Waals surface area (Å²) in [6.45, 7) is 0.109. The molecule has 1 aliphatic heterocycles. The fraction of sp³-hybridized carbons (Fsp3) is 0.250. The zero-order valence-corrected chi connectivity index (χ0v) is 15.9. The van der Waals surface area contributed by atoms with Gasteiger partial charge in [0.05, 0.1) is 36.7 Å². The summed E-state index contributed by atoms with van der Waals surface area (Å²) >= 11 is 0. The molecule has 1 aliphatic rings. The molecular formula is C20H19FN4O4. The van der Waals surface area contributed by atoms with Gasteiger partial charge in [0.15, 0.2) is 5.82 Å². The number of methoxy groups -OCH3 is 2. The Kier molecular flexibility index (Phi) is 4.79. The minimum atomic E-state index is -0.604. The Morgan fingerprint density at radius 3 is 2.86 bits per heavy atom. The van der Waals surface area contributed by atoms with Crippen molar-refractivity contribution in [2.75, 3.05) is 31.0 Å². The van der Waals surface area contributed by atoms with Gasteiger partial charge in [0.2, 0.25) is 11.8 Å². The van der Waals surface area contributed by atoms with Gasteiger partial charge in [-0.3, -0.25) is 19.6 Å². The highest BCUT2D eigenvalue weighted by Gasteiger charge is 2.37. The van der Waals surface area contributed by atoms with E-state index in [2.05, 4.69) is 15.5 Å². The summed E-state index contributed by atoms with van der Waals surface area (Å²) in [4.78, 5) is 26.6. The van der Waals surface area contributed by atoms with Crippen molar-refractivity contribution in [2.45, 2.75) is 6.42 Å². The van der Waals surface area contributed by atoms with E-state index in [9.17, 15) is 14.0 Å². The molecule has 1 atom stereocenters. The molecule has 1 aromatic heterocycles. The van der Waals surface area contributed by atoms with Gasteiger partial charge in [-0.05, 0) is 24.3 Å². The normalized spacial score (nSPS) is 16.3. The highest BCUT2D eigenvalue weighted by molar-refractivity contribution is 6.07. The predicted octanol–water partition coefficient (Wildman–Crippen LogP) is 2.71. The van der Waals surface area contributed by atoms with Crippen LogP contribution in [0.15, 0.2) is 36.4 Å². The Bertz CT molecular complexity index is 1100. The van der Waals surface area contributed by atoms with Crippen molar-refractivity contribution in [3.8, 4) is 11.5 Å². The summed E-state index contributed by atoms with van der Waals surface area (Å²) in [5.41, 5.74) is 0.962. The summed E-state index contributed by atoms with van der Waals surface area (Å²) in [5, 5.41) is 9.83. The smallest absolute Gasteiger partial charge is 0.229 e. The second kappa shape index (κ2) is 7.42. The molecule has 1 saturated heterocycles. The number of aromatic nitrogens is 2. The second-order valence-electron chi connectivity index (χ2n) is 6.67. The summed E-state index contributed by atoms with van der Waals surface area (Å²) in [5.74, 6) is -0.468. The molecule has 2 N–H and O–H groups in total. The highest BCUT2D eigenvalue weighted by Crippen LogP contribution is 2.33. The molecule has 0 aliphatic carbocycles. The van der Waals surface area contributed by atoms with Crippen LogP contribution in [0.2, 0.25) is 0 Å². The van der Waals surface area contributed by atoms with Crippen LogP contribution in [0.5, 0.6) is 11.5 Å². The second-order valence-corrected chi connectivity index (χ2v) is 6.67. The first-order valence-corrected chi connectivity index (χ1v) is 8.97. The zero-order chi connectivity index (χ0) is 20.5. The van der Waals surface area contributed by atoms with Gasteiger partial charge in [-0.1, -0.05) is 6.07 Å². The molecule has 2 aromatic carbocycles. The van der Waals surface area contributed by atoms with E-state index in [1.807, 2.05) is 0 Å². The summed E-state index contributed by atoms with van der Waals surface area (Å²) in [7, 11) is 3.02. The van der Waals surface area contributed by atoms with Gasteiger partial charge in [0.1, 0.15) is 17.3 Å². The number of fused-ring (bicyclic) bond motifs is 1. The molecule has 0 radical (unpaired) electrons. The quantitative estimate of drug-likeness (QED) is 0.689. The molecule has 0 saturated carbocycles. The van der Waals surface area contributed by atoms with Crippen molar-refractivity contribution in [1.29, 1.82) is 0 Å². The number of ether oxygens (including phenoxy) is 2. The molecule has 0 spiro atoms. The molecule has 2 heterocycles. The minimum absolute atomic E-state index is 0.00705. The van der Waals surface area contributed by atoms with Crippen LogP contribution in [-0.2, 0) is 9.59 Å². The third-order valence-electron chi connectivity index (χ3n) is 4.94. The van der Waals surface area contributed by atoms with Crippen LogP contribution < -0.4 is 19.7 Å². The molecule has 29 heavy (non-hydrogen) atoms. The molecule has 1 fully saturated rings. The fourth-order valence-electron chi connectivity index (χ4n) is 3.43. The van der Waals surface area contributed by atoms with Crippen molar-refractivity contribution in [3.63, 3.8) is 0 Å². The number of nitrogens with one attached hydrogen (secondary N) is 2. The van der Waals surface area contributed by atoms with E-state index in [1.54, 1.807) is 30.3 Å². The largest absolute Gasteiger partial charge is 0.497 e. The highest BCUT2D eigenvalue weighted by atomic mass is 19.1. The van der Waals surface area contributed by atoms with Crippen molar-refractivity contribution in [3.05, 3.63) is 42.2 Å². The van der Waals surface area contributed by atoms with E-state index in [0.29, 0.717) is 22.7 Å². The Labute approximate surface area is 165 Å². The summed E-state index contributed by atoms with van der Waals surface area (Å²) < 4.78 is 24.7. The number of H-pyrrole nitrogens is 1. The Balaban J connectivity index is 1.54. The van der Waals surface area contributed by atoms with Crippen LogP contribution in [0.4, 0.5) is 15.9 Å². The first kappa shape index (κ1) is 18.7. The van der Waals surface area contributed by atoms with Crippen LogP contribution in [-0.4, -0.2) is 42.8 Å². The van der Waals surface area contributed by atoms with E-state index >= 15 is 0 Å². The SMILES string of the molecule is COc1ccc(NC(=O)[C@@H]2CC(=O)N(c3n[nH]c4cccc(F)c34)C2)c(OC)c1. The number of amides is 2. The Morgan fingerprint density at radius 2 is 2.10 bits per heavy atom. The lowest BCUT2D eigenvalue weighted by atomic mass is 10.1. The van der Waals surface area contributed by atoms with Crippen molar-refractivity contribution in [1.82, 2.24) is 10.2 Å². The van der Waals surface area contributed by atoms with Crippen LogP contribution in [0.25, 0.3) is 10.9 Å². The predicted molar refractivity (Wildman–Crippen MR) is 105 cm³/mol. The molecule has 150 valence electrons. The Hall–Kier alpha value is -3.62. The Morgan fingerprint density at radius 1 is 1.28 bits per heavy atom. The molecule has 0 unspecified atom stereocenters. The summed E-state index contributed by atoms with van der Waals surface area (Å²) in [6.07, 6.45) is 0.00705. The number of hydrogen-bond donors (Lipinski definition) is 2. The number of halogens is 1. The number of aromatic amines is 1. The average Bonchev–Trinajstić information content (AvgIpc) is 3.32. The molecule has 2 amide bonds. The van der Waals surface area contributed by atoms with Crippen molar-refractivity contribution < 1.29 is 23.5 Å². The third kappa shape index (κ3) is 3.35. The topological polar surface area (TPSA) is 96.5 Å². The fourth-order valence-corrected chi connectivity index (χ4v) is 3.43. The van der Waals surface area contributed by atoms with Crippen LogP contribution in [0.1, 0.15) is 6.42 Å². The average molecular weight is 398 g/mol. The molecule has 0 bridgehead atoms. The summed E-state index contributed by atoms with van der Waals surface area (Å²) in [6, 6.07) is 9.56. The number of carbonyl (C=O) groups is 2. The number of anilines is 2. The van der Waals surface area contributed by atoms with E-state index in [4.69, 9.17) is 9.47 Å². The number of carbonyl (C=O) groups excluding carboxylic acids is 2. The number of benzene rings is 2. The van der Waals surface area contributed by atoms with Gasteiger partial charge in [-0.2, -0.15) is 5.10 Å². The lowest BCUT2D eigenvalue weighted by Crippen LogP contribution is -2.28. The first-order chi connectivity index (χ1) is 14.0. The van der Waals surface area contributed by atoms with Gasteiger partial charge in [-0.15, -0.1) is 0 Å². The standard InChI is InChI=1S/C20H19FN4O4/c1-28-12-6-7-14(16(9-12)29-2)22-20(27)11-8-17(26)25(10-11)19-18-13(21)4-3-5-15(18)23-24-19/h3-7,9,11H,8,10H2,1-2H3,(H,22,27)(H,23,24)/t11-/m1/s1. The maximum Gasteiger partial charge on any atom is 0.229 e. The lowest BCUT2D eigenvalue weighted by Gasteiger charge is -2.15. The maximum absolute atomic E-state index is 14.2.